The minimum atomic E-state index is -0.359. The van der Waals surface area contributed by atoms with Gasteiger partial charge < -0.3 is 5.32 Å². The third-order valence-electron chi connectivity index (χ3n) is 4.82. The topological polar surface area (TPSA) is 81.8 Å². The zero-order chi connectivity index (χ0) is 20.5. The Morgan fingerprint density at radius 3 is 2.55 bits per heavy atom. The normalized spacial score (nSPS) is 11.0. The zero-order valence-electron chi connectivity index (χ0n) is 16.5. The molecule has 29 heavy (non-hydrogen) atoms. The van der Waals surface area contributed by atoms with Crippen LogP contribution in [-0.2, 0) is 11.3 Å². The fourth-order valence-electron chi connectivity index (χ4n) is 3.37. The van der Waals surface area contributed by atoms with E-state index >= 15 is 0 Å². The Bertz CT molecular complexity index is 1270. The molecule has 0 saturated carbocycles. The fourth-order valence-corrected chi connectivity index (χ4v) is 3.37. The summed E-state index contributed by atoms with van der Waals surface area (Å²) >= 11 is 0. The number of para-hydroxylation sites is 1. The maximum absolute atomic E-state index is 13.1. The Balaban J connectivity index is 1.70. The summed E-state index contributed by atoms with van der Waals surface area (Å²) in [5, 5.41) is 12.2. The lowest BCUT2D eigenvalue weighted by Crippen LogP contribution is -2.31. The van der Waals surface area contributed by atoms with Gasteiger partial charge in [0.1, 0.15) is 12.1 Å². The second-order valence-electron chi connectivity index (χ2n) is 7.07. The number of aromatic nitrogens is 4. The highest BCUT2D eigenvalue weighted by atomic mass is 16.2. The van der Waals surface area contributed by atoms with Gasteiger partial charge in [0.2, 0.25) is 5.91 Å². The third-order valence-corrected chi connectivity index (χ3v) is 4.82. The number of fused-ring (bicyclic) bond motifs is 1. The smallest absolute Gasteiger partial charge is 0.293 e. The number of nitrogens with one attached hydrogen (secondary N) is 1. The Morgan fingerprint density at radius 1 is 1.07 bits per heavy atom. The molecule has 1 amide bonds. The van der Waals surface area contributed by atoms with E-state index in [1.807, 2.05) is 62.4 Å². The van der Waals surface area contributed by atoms with Gasteiger partial charge in [0.25, 0.3) is 5.56 Å². The molecule has 7 nitrogen and oxygen atoms in total. The predicted molar refractivity (Wildman–Crippen MR) is 112 cm³/mol. The van der Waals surface area contributed by atoms with E-state index in [-0.39, 0.29) is 18.0 Å². The average molecular weight is 387 g/mol. The number of carbonyl (C=O) groups excluding carboxylic acids is 1. The number of benzene rings is 2. The summed E-state index contributed by atoms with van der Waals surface area (Å²) in [5.41, 5.74) is 4.27. The molecule has 0 atom stereocenters. The van der Waals surface area contributed by atoms with Crippen molar-refractivity contribution in [1.82, 2.24) is 19.6 Å². The second kappa shape index (κ2) is 7.35. The third kappa shape index (κ3) is 3.54. The van der Waals surface area contributed by atoms with Crippen LogP contribution in [-0.4, -0.2) is 25.5 Å². The van der Waals surface area contributed by atoms with Crippen molar-refractivity contribution in [3.63, 3.8) is 0 Å². The number of anilines is 1. The van der Waals surface area contributed by atoms with Crippen molar-refractivity contribution >= 4 is 22.5 Å². The molecule has 2 heterocycles. The maximum atomic E-state index is 13.1. The maximum Gasteiger partial charge on any atom is 0.293 e. The van der Waals surface area contributed by atoms with Gasteiger partial charge in [-0.05, 0) is 44.5 Å². The van der Waals surface area contributed by atoms with Crippen LogP contribution in [0.15, 0.2) is 59.5 Å². The van der Waals surface area contributed by atoms with E-state index in [4.69, 9.17) is 0 Å². The Kier molecular flexibility index (Phi) is 4.72. The van der Waals surface area contributed by atoms with Crippen molar-refractivity contribution in [2.45, 2.75) is 27.3 Å². The van der Waals surface area contributed by atoms with Crippen LogP contribution in [0.2, 0.25) is 0 Å². The summed E-state index contributed by atoms with van der Waals surface area (Å²) in [6, 6.07) is 15.2. The van der Waals surface area contributed by atoms with Gasteiger partial charge in [-0.25, -0.2) is 9.36 Å². The van der Waals surface area contributed by atoms with Crippen LogP contribution in [0.1, 0.15) is 16.8 Å². The van der Waals surface area contributed by atoms with E-state index in [1.165, 1.54) is 4.68 Å². The molecule has 7 heteroatoms. The van der Waals surface area contributed by atoms with Crippen LogP contribution in [0, 0.1) is 20.8 Å². The number of aryl methyl sites for hydroxylation is 3. The van der Waals surface area contributed by atoms with E-state index in [0.717, 1.165) is 22.5 Å². The molecule has 0 radical (unpaired) electrons. The van der Waals surface area contributed by atoms with Crippen molar-refractivity contribution in [1.29, 1.82) is 0 Å². The van der Waals surface area contributed by atoms with Crippen molar-refractivity contribution < 1.29 is 4.79 Å². The van der Waals surface area contributed by atoms with E-state index in [1.54, 1.807) is 17.8 Å². The Labute approximate surface area is 167 Å². The quantitative estimate of drug-likeness (QED) is 0.583. The van der Waals surface area contributed by atoms with Crippen LogP contribution >= 0.6 is 0 Å². The summed E-state index contributed by atoms with van der Waals surface area (Å²) in [6.45, 7) is 5.55. The molecule has 0 unspecified atom stereocenters. The highest BCUT2D eigenvalue weighted by molar-refractivity contribution is 5.91. The predicted octanol–water partition coefficient (Wildman–Crippen LogP) is 3.15. The molecule has 0 fully saturated rings. The molecule has 1 N–H and O–H groups in total. The molecule has 2 aromatic carbocycles. The number of amides is 1. The van der Waals surface area contributed by atoms with E-state index in [2.05, 4.69) is 15.5 Å². The summed E-state index contributed by atoms with van der Waals surface area (Å²) in [5.74, 6) is -0.309. The van der Waals surface area contributed by atoms with Crippen molar-refractivity contribution in [3.8, 4) is 5.69 Å². The zero-order valence-corrected chi connectivity index (χ0v) is 16.5. The molecule has 0 saturated heterocycles. The first-order valence-electron chi connectivity index (χ1n) is 9.32. The van der Waals surface area contributed by atoms with Gasteiger partial charge in [0.15, 0.2) is 0 Å². The van der Waals surface area contributed by atoms with Gasteiger partial charge in [-0.1, -0.05) is 35.9 Å². The standard InChI is InChI=1S/C22H21N5O2/c1-14-9-10-19(15(2)11-14)24-20(28)13-26-22(29)21-18(16(3)25-26)12-23-27(21)17-7-5-4-6-8-17/h4-12H,13H2,1-3H3,(H,24,28). The molecular formula is C22H21N5O2. The van der Waals surface area contributed by atoms with E-state index in [9.17, 15) is 9.59 Å². The monoisotopic (exact) mass is 387 g/mol. The molecule has 4 aromatic rings. The van der Waals surface area contributed by atoms with Gasteiger partial charge in [-0.3, -0.25) is 9.59 Å². The number of hydrogen-bond donors (Lipinski definition) is 1. The van der Waals surface area contributed by atoms with Crippen LogP contribution < -0.4 is 10.9 Å². The first kappa shape index (κ1) is 18.6. The molecule has 0 aliphatic heterocycles. The number of rotatable bonds is 4. The van der Waals surface area contributed by atoms with Crippen LogP contribution in [0.5, 0.6) is 0 Å². The summed E-state index contributed by atoms with van der Waals surface area (Å²) < 4.78 is 2.78. The van der Waals surface area contributed by atoms with E-state index in [0.29, 0.717) is 16.6 Å². The van der Waals surface area contributed by atoms with Crippen molar-refractivity contribution in [2.75, 3.05) is 5.32 Å². The van der Waals surface area contributed by atoms with Gasteiger partial charge >= 0.3 is 0 Å². The molecule has 146 valence electrons. The highest BCUT2D eigenvalue weighted by Crippen LogP contribution is 2.18. The Morgan fingerprint density at radius 2 is 1.83 bits per heavy atom. The fraction of sp³-hybridized carbons (Fsp3) is 0.182. The number of hydrogen-bond acceptors (Lipinski definition) is 4. The van der Waals surface area contributed by atoms with Crippen LogP contribution in [0.3, 0.4) is 0 Å². The number of carbonyl (C=O) groups is 1. The molecule has 0 bridgehead atoms. The minimum Gasteiger partial charge on any atom is -0.324 e. The first-order valence-corrected chi connectivity index (χ1v) is 9.32. The molecule has 0 aliphatic carbocycles. The average Bonchev–Trinajstić information content (AvgIpc) is 3.15. The van der Waals surface area contributed by atoms with Gasteiger partial charge in [-0.2, -0.15) is 10.2 Å². The largest absolute Gasteiger partial charge is 0.324 e. The molecular weight excluding hydrogens is 366 g/mol. The second-order valence-corrected chi connectivity index (χ2v) is 7.07. The highest BCUT2D eigenvalue weighted by Gasteiger charge is 2.16. The number of nitrogens with zero attached hydrogens (tertiary/aromatic N) is 4. The summed E-state index contributed by atoms with van der Waals surface area (Å²) in [4.78, 5) is 25.7. The molecule has 4 rings (SSSR count). The van der Waals surface area contributed by atoms with Gasteiger partial charge in [0.05, 0.1) is 17.6 Å². The van der Waals surface area contributed by atoms with Crippen molar-refractivity contribution in [2.24, 2.45) is 0 Å². The minimum absolute atomic E-state index is 0.178. The molecule has 0 aliphatic rings. The molecule has 2 aromatic heterocycles. The van der Waals surface area contributed by atoms with Gasteiger partial charge in [0, 0.05) is 11.1 Å². The van der Waals surface area contributed by atoms with E-state index < -0.39 is 0 Å². The summed E-state index contributed by atoms with van der Waals surface area (Å²) in [7, 11) is 0. The molecule has 0 spiro atoms. The summed E-state index contributed by atoms with van der Waals surface area (Å²) in [6.07, 6.45) is 1.63. The SMILES string of the molecule is Cc1ccc(NC(=O)Cn2nc(C)c3cnn(-c4ccccc4)c3c2=O)c(C)c1. The lowest BCUT2D eigenvalue weighted by atomic mass is 10.1. The first-order chi connectivity index (χ1) is 13.9. The lowest BCUT2D eigenvalue weighted by Gasteiger charge is -2.11. The van der Waals surface area contributed by atoms with Crippen LogP contribution in [0.4, 0.5) is 5.69 Å². The van der Waals surface area contributed by atoms with Crippen LogP contribution in [0.25, 0.3) is 16.6 Å². The lowest BCUT2D eigenvalue weighted by molar-refractivity contribution is -0.117. The van der Waals surface area contributed by atoms with Gasteiger partial charge in [-0.15, -0.1) is 0 Å². The Hall–Kier alpha value is -3.74. The van der Waals surface area contributed by atoms with Crippen molar-refractivity contribution in [3.05, 3.63) is 81.9 Å².